The topological polar surface area (TPSA) is 83.6 Å². The minimum Gasteiger partial charge on any atom is -0.341 e. The Hall–Kier alpha value is -1.89. The number of carbonyl (C=O) groups excluding carboxylic acids is 2. The van der Waals surface area contributed by atoms with Crippen LogP contribution in [0.3, 0.4) is 0 Å². The summed E-state index contributed by atoms with van der Waals surface area (Å²) in [7, 11) is -1.46. The highest BCUT2D eigenvalue weighted by atomic mass is 32.2. The molecular weight excluding hydrogens is 340 g/mol. The van der Waals surface area contributed by atoms with E-state index in [1.165, 1.54) is 4.90 Å². The smallest absolute Gasteiger partial charge is 0.240 e. The molecule has 1 aromatic carbocycles. The van der Waals surface area contributed by atoms with Gasteiger partial charge in [-0.1, -0.05) is 18.2 Å². The van der Waals surface area contributed by atoms with E-state index in [9.17, 15) is 18.0 Å². The summed E-state index contributed by atoms with van der Waals surface area (Å²) in [5.41, 5.74) is 1.60. The van der Waals surface area contributed by atoms with Gasteiger partial charge in [-0.2, -0.15) is 0 Å². The second kappa shape index (κ2) is 6.12. The minimum absolute atomic E-state index is 0.0101. The van der Waals surface area contributed by atoms with E-state index in [1.807, 2.05) is 32.0 Å². The summed E-state index contributed by atoms with van der Waals surface area (Å²) in [6, 6.07) is 5.43. The predicted molar refractivity (Wildman–Crippen MR) is 96.0 cm³/mol. The molecule has 1 aliphatic carbocycles. The van der Waals surface area contributed by atoms with Crippen molar-refractivity contribution < 1.29 is 18.0 Å². The van der Waals surface area contributed by atoms with Gasteiger partial charge in [0.2, 0.25) is 11.8 Å². The minimum atomic E-state index is -3.07. The third kappa shape index (κ3) is 3.29. The van der Waals surface area contributed by atoms with Crippen LogP contribution < -0.4 is 5.32 Å². The van der Waals surface area contributed by atoms with Gasteiger partial charge < -0.3 is 10.2 Å². The molecule has 2 amide bonds. The van der Waals surface area contributed by atoms with Gasteiger partial charge in [-0.3, -0.25) is 9.59 Å². The molecule has 2 fully saturated rings. The van der Waals surface area contributed by atoms with E-state index in [0.29, 0.717) is 19.3 Å². The first kappa shape index (κ1) is 17.9. The predicted octanol–water partition coefficient (Wildman–Crippen LogP) is 1.67. The third-order valence-corrected chi connectivity index (χ3v) is 7.14. The van der Waals surface area contributed by atoms with E-state index in [-0.39, 0.29) is 29.4 Å². The maximum absolute atomic E-state index is 12.9. The van der Waals surface area contributed by atoms with Gasteiger partial charge in [0.25, 0.3) is 0 Å². The molecule has 0 spiro atoms. The highest BCUT2D eigenvalue weighted by molar-refractivity contribution is 7.91. The molecule has 6 nitrogen and oxygen atoms in total. The number of nitrogens with one attached hydrogen (secondary N) is 1. The number of sulfone groups is 1. The van der Waals surface area contributed by atoms with Gasteiger partial charge in [0, 0.05) is 18.8 Å². The average molecular weight is 364 g/mol. The van der Waals surface area contributed by atoms with Gasteiger partial charge in [-0.25, -0.2) is 8.42 Å². The molecule has 1 saturated heterocycles. The first-order chi connectivity index (χ1) is 11.7. The van der Waals surface area contributed by atoms with E-state index in [0.717, 1.165) is 16.8 Å². The van der Waals surface area contributed by atoms with Crippen LogP contribution in [0.15, 0.2) is 18.2 Å². The summed E-state index contributed by atoms with van der Waals surface area (Å²) in [5.74, 6) is -0.457. The first-order valence-corrected chi connectivity index (χ1v) is 10.3. The zero-order valence-electron chi connectivity index (χ0n) is 14.8. The van der Waals surface area contributed by atoms with Gasteiger partial charge in [-0.05, 0) is 44.2 Å². The lowest BCUT2D eigenvalue weighted by molar-refractivity contribution is -0.142. The van der Waals surface area contributed by atoms with Crippen LogP contribution in [-0.2, 0) is 19.4 Å². The molecule has 0 aromatic heterocycles. The van der Waals surface area contributed by atoms with Gasteiger partial charge in [-0.15, -0.1) is 0 Å². The molecule has 3 rings (SSSR count). The van der Waals surface area contributed by atoms with E-state index in [1.54, 1.807) is 7.05 Å². The molecule has 136 valence electrons. The van der Waals surface area contributed by atoms with E-state index in [4.69, 9.17) is 0 Å². The van der Waals surface area contributed by atoms with Crippen LogP contribution in [0.1, 0.15) is 30.4 Å². The fourth-order valence-electron chi connectivity index (χ4n) is 3.49. The van der Waals surface area contributed by atoms with Crippen molar-refractivity contribution in [1.82, 2.24) is 4.90 Å². The molecule has 1 unspecified atom stereocenters. The summed E-state index contributed by atoms with van der Waals surface area (Å²) < 4.78 is 23.3. The Morgan fingerprint density at radius 3 is 2.28 bits per heavy atom. The summed E-state index contributed by atoms with van der Waals surface area (Å²) in [5, 5.41) is 2.92. The fourth-order valence-corrected chi connectivity index (χ4v) is 5.27. The number of anilines is 1. The summed E-state index contributed by atoms with van der Waals surface area (Å²) in [6.07, 6.45) is 1.46. The maximum Gasteiger partial charge on any atom is 0.240 e. The second-order valence-electron chi connectivity index (χ2n) is 7.28. The highest BCUT2D eigenvalue weighted by Gasteiger charge is 2.58. The van der Waals surface area contributed by atoms with Crippen molar-refractivity contribution in [2.24, 2.45) is 5.41 Å². The number of benzene rings is 1. The number of rotatable bonds is 4. The standard InChI is InChI=1S/C18H24N2O4S/c1-12-5-4-6-13(2)15(12)19-16(21)18(8-9-18)17(22)20(3)14-7-10-25(23,24)11-14/h4-6,14H,7-11H2,1-3H3,(H,19,21). The van der Waals surface area contributed by atoms with Crippen LogP contribution >= 0.6 is 0 Å². The van der Waals surface area contributed by atoms with Crippen molar-refractivity contribution in [2.75, 3.05) is 23.9 Å². The second-order valence-corrected chi connectivity index (χ2v) is 9.50. The Morgan fingerprint density at radius 1 is 1.20 bits per heavy atom. The number of amides is 2. The number of hydrogen-bond acceptors (Lipinski definition) is 4. The maximum atomic E-state index is 12.9. The van der Waals surface area contributed by atoms with Gasteiger partial charge >= 0.3 is 0 Å². The molecule has 2 aliphatic rings. The van der Waals surface area contributed by atoms with Crippen molar-refractivity contribution in [3.05, 3.63) is 29.3 Å². The SMILES string of the molecule is Cc1cccc(C)c1NC(=O)C1(C(=O)N(C)C2CCS(=O)(=O)C2)CC1. The van der Waals surface area contributed by atoms with Gasteiger partial charge in [0.15, 0.2) is 9.84 Å². The zero-order valence-corrected chi connectivity index (χ0v) is 15.6. The van der Waals surface area contributed by atoms with Crippen molar-refractivity contribution in [1.29, 1.82) is 0 Å². The number of hydrogen-bond donors (Lipinski definition) is 1. The monoisotopic (exact) mass is 364 g/mol. The molecule has 0 radical (unpaired) electrons. The Kier molecular flexibility index (Phi) is 4.39. The van der Waals surface area contributed by atoms with Crippen molar-refractivity contribution in [3.63, 3.8) is 0 Å². The van der Waals surface area contributed by atoms with Crippen LogP contribution in [0.2, 0.25) is 0 Å². The summed E-state index contributed by atoms with van der Waals surface area (Å²) >= 11 is 0. The number of para-hydroxylation sites is 1. The van der Waals surface area contributed by atoms with Crippen molar-refractivity contribution in [2.45, 2.75) is 39.2 Å². The van der Waals surface area contributed by atoms with Crippen LogP contribution in [0.25, 0.3) is 0 Å². The Labute approximate surface area is 148 Å². The Balaban J connectivity index is 1.75. The van der Waals surface area contributed by atoms with E-state index < -0.39 is 15.3 Å². The van der Waals surface area contributed by atoms with Crippen LogP contribution in [0.5, 0.6) is 0 Å². The zero-order chi connectivity index (χ0) is 18.4. The van der Waals surface area contributed by atoms with E-state index in [2.05, 4.69) is 5.32 Å². The largest absolute Gasteiger partial charge is 0.341 e. The first-order valence-electron chi connectivity index (χ1n) is 8.52. The van der Waals surface area contributed by atoms with Crippen LogP contribution in [-0.4, -0.2) is 49.7 Å². The molecule has 7 heteroatoms. The molecule has 0 bridgehead atoms. The summed E-state index contributed by atoms with van der Waals surface area (Å²) in [4.78, 5) is 27.2. The average Bonchev–Trinajstić information content (AvgIpc) is 3.28. The molecule has 1 aliphatic heterocycles. The lowest BCUT2D eigenvalue weighted by Gasteiger charge is -2.28. The molecule has 25 heavy (non-hydrogen) atoms. The molecule has 1 heterocycles. The molecule has 1 saturated carbocycles. The van der Waals surface area contributed by atoms with Crippen LogP contribution in [0, 0.1) is 19.3 Å². The molecule has 1 aromatic rings. The van der Waals surface area contributed by atoms with E-state index >= 15 is 0 Å². The van der Waals surface area contributed by atoms with Crippen molar-refractivity contribution in [3.8, 4) is 0 Å². The quantitative estimate of drug-likeness (QED) is 0.824. The van der Waals surface area contributed by atoms with Crippen LogP contribution in [0.4, 0.5) is 5.69 Å². The van der Waals surface area contributed by atoms with Gasteiger partial charge in [0.1, 0.15) is 5.41 Å². The molecular formula is C18H24N2O4S. The number of aryl methyl sites for hydroxylation is 2. The Bertz CT molecular complexity index is 807. The fraction of sp³-hybridized carbons (Fsp3) is 0.556. The van der Waals surface area contributed by atoms with Gasteiger partial charge in [0.05, 0.1) is 11.5 Å². The number of carbonyl (C=O) groups is 2. The molecule has 1 atom stereocenters. The summed E-state index contributed by atoms with van der Waals surface area (Å²) in [6.45, 7) is 3.83. The Morgan fingerprint density at radius 2 is 1.80 bits per heavy atom. The lowest BCUT2D eigenvalue weighted by atomic mass is 10.0. The van der Waals surface area contributed by atoms with Crippen molar-refractivity contribution >= 4 is 27.3 Å². The number of nitrogens with zero attached hydrogens (tertiary/aromatic N) is 1. The third-order valence-electron chi connectivity index (χ3n) is 5.39. The highest BCUT2D eigenvalue weighted by Crippen LogP contribution is 2.48. The normalized spacial score (nSPS) is 23.1. The lowest BCUT2D eigenvalue weighted by Crippen LogP contribution is -2.46. The molecule has 1 N–H and O–H groups in total.